The molecule has 1 aliphatic rings. The molecular weight excluding hydrogens is 401 g/mol. The molecule has 1 aliphatic heterocycles. The van der Waals surface area contributed by atoms with E-state index in [0.29, 0.717) is 22.8 Å². The molecule has 0 saturated heterocycles. The lowest BCUT2D eigenvalue weighted by Crippen LogP contribution is -2.46. The Bertz CT molecular complexity index is 1090. The second kappa shape index (κ2) is 7.39. The number of carbonyl (C=O) groups excluding carboxylic acids is 1. The number of nitrogens with one attached hydrogen (secondary N) is 1. The van der Waals surface area contributed by atoms with Crippen molar-refractivity contribution >= 4 is 11.7 Å². The van der Waals surface area contributed by atoms with Crippen molar-refractivity contribution in [3.8, 4) is 11.5 Å². The van der Waals surface area contributed by atoms with Crippen LogP contribution in [0.2, 0.25) is 0 Å². The lowest BCUT2D eigenvalue weighted by atomic mass is 9.83. The molecule has 156 valence electrons. The number of urea groups is 1. The fourth-order valence-electron chi connectivity index (χ4n) is 3.43. The summed E-state index contributed by atoms with van der Waals surface area (Å²) >= 11 is 0. The number of alkyl halides is 2. The van der Waals surface area contributed by atoms with Gasteiger partial charge in [0.15, 0.2) is 17.3 Å². The predicted octanol–water partition coefficient (Wildman–Crippen LogP) is 3.93. The zero-order valence-corrected chi connectivity index (χ0v) is 16.1. The highest BCUT2D eigenvalue weighted by Crippen LogP contribution is 2.38. The van der Waals surface area contributed by atoms with Gasteiger partial charge in [-0.05, 0) is 12.1 Å². The van der Waals surface area contributed by atoms with E-state index in [4.69, 9.17) is 4.52 Å². The number of amides is 2. The fraction of sp³-hybridized carbons (Fsp3) is 0.316. The van der Waals surface area contributed by atoms with Crippen LogP contribution in [-0.4, -0.2) is 37.6 Å². The van der Waals surface area contributed by atoms with E-state index in [1.807, 2.05) is 13.8 Å². The number of nitrogens with zero attached hydrogens (tertiary/aromatic N) is 5. The number of hydrogen-bond acceptors (Lipinski definition) is 6. The van der Waals surface area contributed by atoms with Crippen LogP contribution in [0.4, 0.5) is 23.7 Å². The second-order valence-electron chi connectivity index (χ2n) is 7.44. The third kappa shape index (κ3) is 3.46. The third-order valence-electron chi connectivity index (χ3n) is 4.77. The van der Waals surface area contributed by atoms with Crippen molar-refractivity contribution in [2.24, 2.45) is 0 Å². The van der Waals surface area contributed by atoms with Crippen LogP contribution in [0, 0.1) is 5.82 Å². The van der Waals surface area contributed by atoms with Gasteiger partial charge in [-0.3, -0.25) is 4.98 Å². The first-order valence-electron chi connectivity index (χ1n) is 9.03. The van der Waals surface area contributed by atoms with Crippen molar-refractivity contribution in [2.45, 2.75) is 32.2 Å². The number of aromatic nitrogens is 4. The molecule has 0 saturated carbocycles. The van der Waals surface area contributed by atoms with Crippen molar-refractivity contribution < 1.29 is 22.5 Å². The maximum absolute atomic E-state index is 14.3. The molecule has 0 radical (unpaired) electrons. The van der Waals surface area contributed by atoms with Gasteiger partial charge in [0, 0.05) is 36.1 Å². The summed E-state index contributed by atoms with van der Waals surface area (Å²) in [7, 11) is 0. The van der Waals surface area contributed by atoms with Gasteiger partial charge < -0.3 is 14.7 Å². The van der Waals surface area contributed by atoms with Crippen molar-refractivity contribution in [3.63, 3.8) is 0 Å². The van der Waals surface area contributed by atoms with Gasteiger partial charge in [-0.2, -0.15) is 0 Å². The monoisotopic (exact) mass is 418 g/mol. The highest BCUT2D eigenvalue weighted by atomic mass is 19.3. The summed E-state index contributed by atoms with van der Waals surface area (Å²) in [5.41, 5.74) is -0.944. The van der Waals surface area contributed by atoms with Gasteiger partial charge in [-0.15, -0.1) is 0 Å². The molecule has 0 atom stereocenters. The van der Waals surface area contributed by atoms with Crippen LogP contribution in [0.3, 0.4) is 0 Å². The Kier molecular flexibility index (Phi) is 4.88. The van der Waals surface area contributed by atoms with Gasteiger partial charge in [-0.25, -0.2) is 27.9 Å². The van der Waals surface area contributed by atoms with Crippen LogP contribution in [0.15, 0.2) is 35.2 Å². The highest BCUT2D eigenvalue weighted by molar-refractivity contribution is 5.90. The maximum Gasteiger partial charge on any atom is 0.322 e. The largest absolute Gasteiger partial charge is 0.360 e. The minimum atomic E-state index is -3.09. The number of pyridine rings is 1. The zero-order chi connectivity index (χ0) is 21.5. The Morgan fingerprint density at radius 3 is 2.67 bits per heavy atom. The highest BCUT2D eigenvalue weighted by Gasteiger charge is 2.40. The molecule has 0 aliphatic carbocycles. The van der Waals surface area contributed by atoms with Gasteiger partial charge in [0.05, 0.1) is 12.2 Å². The Balaban J connectivity index is 1.63. The minimum Gasteiger partial charge on any atom is -0.360 e. The molecule has 1 N–H and O–H groups in total. The molecule has 4 heterocycles. The van der Waals surface area contributed by atoms with E-state index in [-0.39, 0.29) is 18.8 Å². The first-order chi connectivity index (χ1) is 14.3. The Morgan fingerprint density at radius 2 is 1.97 bits per heavy atom. The number of anilines is 1. The van der Waals surface area contributed by atoms with E-state index in [2.05, 4.69) is 25.4 Å². The topological polar surface area (TPSA) is 97.0 Å². The Hall–Kier alpha value is -3.50. The molecule has 0 spiro atoms. The first kappa shape index (κ1) is 19.8. The van der Waals surface area contributed by atoms with E-state index in [0.717, 1.165) is 12.3 Å². The Morgan fingerprint density at radius 1 is 1.23 bits per heavy atom. The van der Waals surface area contributed by atoms with E-state index < -0.39 is 29.4 Å². The summed E-state index contributed by atoms with van der Waals surface area (Å²) in [5, 5.41) is 6.43. The molecule has 2 amide bonds. The number of fused-ring (bicyclic) bond motifs is 1. The van der Waals surface area contributed by atoms with Crippen molar-refractivity contribution in [1.82, 2.24) is 25.0 Å². The summed E-state index contributed by atoms with van der Waals surface area (Å²) in [6.07, 6.45) is 1.05. The molecule has 8 nitrogen and oxygen atoms in total. The number of hydrogen-bond donors (Lipinski definition) is 1. The van der Waals surface area contributed by atoms with Gasteiger partial charge in [0.2, 0.25) is 0 Å². The van der Waals surface area contributed by atoms with Crippen molar-refractivity contribution in [1.29, 1.82) is 0 Å². The summed E-state index contributed by atoms with van der Waals surface area (Å²) in [6, 6.07) is 2.14. The van der Waals surface area contributed by atoms with Gasteiger partial charge in [-0.1, -0.05) is 19.0 Å². The predicted molar refractivity (Wildman–Crippen MR) is 99.1 cm³/mol. The van der Waals surface area contributed by atoms with E-state index in [1.54, 1.807) is 18.5 Å². The summed E-state index contributed by atoms with van der Waals surface area (Å²) in [5.74, 6) is -0.312. The molecule has 0 bridgehead atoms. The van der Waals surface area contributed by atoms with Gasteiger partial charge >= 0.3 is 6.03 Å². The van der Waals surface area contributed by atoms with Crippen LogP contribution < -0.4 is 5.32 Å². The summed E-state index contributed by atoms with van der Waals surface area (Å²) in [6.45, 7) is 4.09. The maximum atomic E-state index is 14.3. The Labute approximate surface area is 169 Å². The summed E-state index contributed by atoms with van der Waals surface area (Å²) < 4.78 is 45.5. The first-order valence-corrected chi connectivity index (χ1v) is 9.03. The average Bonchev–Trinajstić information content (AvgIpc) is 3.14. The van der Waals surface area contributed by atoms with Crippen LogP contribution in [0.5, 0.6) is 0 Å². The molecular formula is C19H17F3N6O2. The lowest BCUT2D eigenvalue weighted by Gasteiger charge is -2.36. The third-order valence-corrected chi connectivity index (χ3v) is 4.77. The molecule has 3 aromatic heterocycles. The average molecular weight is 418 g/mol. The van der Waals surface area contributed by atoms with Crippen LogP contribution >= 0.6 is 0 Å². The lowest BCUT2D eigenvalue weighted by molar-refractivity contribution is 0.140. The minimum absolute atomic E-state index is 0.107. The van der Waals surface area contributed by atoms with Gasteiger partial charge in [0.1, 0.15) is 11.5 Å². The number of rotatable bonds is 3. The summed E-state index contributed by atoms with van der Waals surface area (Å²) in [4.78, 5) is 25.9. The van der Waals surface area contributed by atoms with Gasteiger partial charge in [0.25, 0.3) is 6.43 Å². The quantitative estimate of drug-likeness (QED) is 0.692. The fourth-order valence-corrected chi connectivity index (χ4v) is 3.43. The standard InChI is InChI=1S/C19H17F3N6O2/c1-19(2)9-28(18(29)26-11-4-7-23-14(12(11)20)16(21)22)8-10-13(27-30-15(10)19)17-24-5-3-6-25-17/h3-7,16H,8-9H2,1-2H3,(H,23,26,29). The molecule has 11 heteroatoms. The SMILES string of the molecule is CC1(C)CN(C(=O)Nc2ccnc(C(F)F)c2F)Cc2c(-c3ncccn3)noc21. The molecule has 4 rings (SSSR count). The van der Waals surface area contributed by atoms with E-state index in [1.165, 1.54) is 4.90 Å². The normalized spacial score (nSPS) is 15.2. The van der Waals surface area contributed by atoms with Crippen molar-refractivity contribution in [2.75, 3.05) is 11.9 Å². The van der Waals surface area contributed by atoms with E-state index in [9.17, 15) is 18.0 Å². The van der Waals surface area contributed by atoms with Crippen LogP contribution in [0.1, 0.15) is 37.3 Å². The van der Waals surface area contributed by atoms with Crippen LogP contribution in [0.25, 0.3) is 11.5 Å². The van der Waals surface area contributed by atoms with Crippen molar-refractivity contribution in [3.05, 3.63) is 53.6 Å². The molecule has 0 unspecified atom stereocenters. The van der Waals surface area contributed by atoms with E-state index >= 15 is 0 Å². The number of carbonyl (C=O) groups is 1. The second-order valence-corrected chi connectivity index (χ2v) is 7.44. The molecule has 30 heavy (non-hydrogen) atoms. The number of halogens is 3. The molecule has 0 fully saturated rings. The van der Waals surface area contributed by atoms with Crippen LogP contribution in [-0.2, 0) is 12.0 Å². The zero-order valence-electron chi connectivity index (χ0n) is 16.1. The smallest absolute Gasteiger partial charge is 0.322 e. The molecule has 0 aromatic carbocycles. The molecule has 3 aromatic rings.